The lowest BCUT2D eigenvalue weighted by Crippen LogP contribution is -2.47. The fourth-order valence-electron chi connectivity index (χ4n) is 4.48. The van der Waals surface area contributed by atoms with E-state index in [2.05, 4.69) is 58.4 Å². The smallest absolute Gasteiger partial charge is 0.237 e. The molecule has 1 atom stereocenters. The van der Waals surface area contributed by atoms with E-state index in [1.807, 2.05) is 42.3 Å². The van der Waals surface area contributed by atoms with E-state index in [1.165, 1.54) is 21.8 Å². The molecule has 1 aromatic heterocycles. The van der Waals surface area contributed by atoms with Gasteiger partial charge in [-0.2, -0.15) is 0 Å². The average Bonchev–Trinajstić information content (AvgIpc) is 3.20. The Bertz CT molecular complexity index is 1150. The predicted molar refractivity (Wildman–Crippen MR) is 139 cm³/mol. The molecule has 6 nitrogen and oxygen atoms in total. The van der Waals surface area contributed by atoms with Crippen LogP contribution in [0.25, 0.3) is 21.8 Å². The number of benzene rings is 3. The van der Waals surface area contributed by atoms with E-state index in [0.29, 0.717) is 39.3 Å². The summed E-state index contributed by atoms with van der Waals surface area (Å²) in [7, 11) is 1.96. The first-order chi connectivity index (χ1) is 16.7. The van der Waals surface area contributed by atoms with E-state index in [-0.39, 0.29) is 11.9 Å². The number of carbonyl (C=O) groups is 1. The van der Waals surface area contributed by atoms with Crippen molar-refractivity contribution in [1.82, 2.24) is 14.8 Å². The lowest BCUT2D eigenvalue weighted by Gasteiger charge is -2.26. The normalized spacial score (nSPS) is 12.4. The van der Waals surface area contributed by atoms with Gasteiger partial charge in [-0.05, 0) is 37.7 Å². The van der Waals surface area contributed by atoms with Crippen LogP contribution in [-0.2, 0) is 22.6 Å². The van der Waals surface area contributed by atoms with Gasteiger partial charge >= 0.3 is 0 Å². The Balaban J connectivity index is 1.28. The lowest BCUT2D eigenvalue weighted by atomic mass is 10.1. The first kappa shape index (κ1) is 24.0. The van der Waals surface area contributed by atoms with Gasteiger partial charge in [0.1, 0.15) is 0 Å². The summed E-state index contributed by atoms with van der Waals surface area (Å²) in [6, 6.07) is 26.6. The SMILES string of the molecule is CN(CCOCCn1c2ccccc2c2ccccc21)C(CCN)C(=O)NCc1ccccc1. The van der Waals surface area contributed by atoms with Crippen molar-refractivity contribution in [2.75, 3.05) is 33.4 Å². The number of carbonyl (C=O) groups excluding carboxylic acids is 1. The van der Waals surface area contributed by atoms with Crippen molar-refractivity contribution in [2.24, 2.45) is 5.73 Å². The molecule has 4 aromatic rings. The molecule has 3 N–H and O–H groups in total. The molecular weight excluding hydrogens is 424 g/mol. The van der Waals surface area contributed by atoms with Crippen molar-refractivity contribution in [3.63, 3.8) is 0 Å². The van der Waals surface area contributed by atoms with Crippen LogP contribution in [0.15, 0.2) is 78.9 Å². The van der Waals surface area contributed by atoms with Gasteiger partial charge in [0.2, 0.25) is 5.91 Å². The second kappa shape index (κ2) is 11.8. The van der Waals surface area contributed by atoms with E-state index in [9.17, 15) is 4.79 Å². The second-order valence-corrected chi connectivity index (χ2v) is 8.58. The summed E-state index contributed by atoms with van der Waals surface area (Å²) in [6.07, 6.45) is 0.610. The number of hydrogen-bond acceptors (Lipinski definition) is 4. The van der Waals surface area contributed by atoms with Crippen LogP contribution in [0.5, 0.6) is 0 Å². The minimum absolute atomic E-state index is 0.00193. The van der Waals surface area contributed by atoms with Gasteiger partial charge in [-0.25, -0.2) is 0 Å². The third-order valence-electron chi connectivity index (χ3n) is 6.31. The Morgan fingerprint density at radius 1 is 0.941 bits per heavy atom. The number of amides is 1. The third kappa shape index (κ3) is 5.65. The molecule has 1 amide bonds. The zero-order chi connectivity index (χ0) is 23.8. The van der Waals surface area contributed by atoms with Gasteiger partial charge in [-0.1, -0.05) is 66.7 Å². The van der Waals surface area contributed by atoms with Crippen LogP contribution in [0.3, 0.4) is 0 Å². The first-order valence-corrected chi connectivity index (χ1v) is 11.9. The first-order valence-electron chi connectivity index (χ1n) is 11.9. The van der Waals surface area contributed by atoms with Gasteiger partial charge in [0.15, 0.2) is 0 Å². The fraction of sp³-hybridized carbons (Fsp3) is 0.321. The minimum atomic E-state index is -0.269. The van der Waals surface area contributed by atoms with E-state index in [0.717, 1.165) is 12.1 Å². The summed E-state index contributed by atoms with van der Waals surface area (Å²) in [5, 5.41) is 5.57. The maximum absolute atomic E-state index is 12.8. The third-order valence-corrected chi connectivity index (χ3v) is 6.31. The molecule has 0 aliphatic heterocycles. The molecule has 0 aliphatic rings. The number of aromatic nitrogens is 1. The number of nitrogens with zero attached hydrogens (tertiary/aromatic N) is 2. The quantitative estimate of drug-likeness (QED) is 0.317. The minimum Gasteiger partial charge on any atom is -0.378 e. The van der Waals surface area contributed by atoms with Gasteiger partial charge in [-0.15, -0.1) is 0 Å². The van der Waals surface area contributed by atoms with Crippen LogP contribution < -0.4 is 11.1 Å². The lowest BCUT2D eigenvalue weighted by molar-refractivity contribution is -0.126. The molecule has 0 radical (unpaired) electrons. The molecule has 0 saturated carbocycles. The van der Waals surface area contributed by atoms with Crippen molar-refractivity contribution >= 4 is 27.7 Å². The fourth-order valence-corrected chi connectivity index (χ4v) is 4.48. The van der Waals surface area contributed by atoms with Crippen molar-refractivity contribution in [1.29, 1.82) is 0 Å². The monoisotopic (exact) mass is 458 g/mol. The maximum atomic E-state index is 12.8. The highest BCUT2D eigenvalue weighted by Crippen LogP contribution is 2.28. The molecule has 0 spiro atoms. The van der Waals surface area contributed by atoms with E-state index < -0.39 is 0 Å². The molecule has 1 heterocycles. The van der Waals surface area contributed by atoms with Gasteiger partial charge in [0, 0.05) is 41.4 Å². The highest BCUT2D eigenvalue weighted by molar-refractivity contribution is 6.07. The van der Waals surface area contributed by atoms with Crippen LogP contribution >= 0.6 is 0 Å². The molecule has 0 saturated heterocycles. The molecule has 3 aromatic carbocycles. The van der Waals surface area contributed by atoms with Crippen LogP contribution in [-0.4, -0.2) is 54.8 Å². The van der Waals surface area contributed by atoms with Crippen molar-refractivity contribution < 1.29 is 9.53 Å². The number of nitrogens with two attached hydrogens (primary N) is 1. The van der Waals surface area contributed by atoms with Crippen LogP contribution in [0.2, 0.25) is 0 Å². The predicted octanol–water partition coefficient (Wildman–Crippen LogP) is 3.78. The number of para-hydroxylation sites is 2. The molecule has 0 fully saturated rings. The zero-order valence-electron chi connectivity index (χ0n) is 19.8. The molecule has 34 heavy (non-hydrogen) atoms. The van der Waals surface area contributed by atoms with E-state index >= 15 is 0 Å². The Kier molecular flexibility index (Phi) is 8.31. The van der Waals surface area contributed by atoms with E-state index in [4.69, 9.17) is 10.5 Å². The van der Waals surface area contributed by atoms with Crippen molar-refractivity contribution in [3.05, 3.63) is 84.4 Å². The summed E-state index contributed by atoms with van der Waals surface area (Å²) < 4.78 is 8.31. The second-order valence-electron chi connectivity index (χ2n) is 8.58. The van der Waals surface area contributed by atoms with Crippen molar-refractivity contribution in [3.8, 4) is 0 Å². The molecule has 4 rings (SSSR count). The number of likely N-dealkylation sites (N-methyl/N-ethyl adjacent to an activating group) is 1. The molecule has 0 aliphatic carbocycles. The summed E-state index contributed by atoms with van der Waals surface area (Å²) in [6.45, 7) is 3.59. The number of hydrogen-bond donors (Lipinski definition) is 2. The highest BCUT2D eigenvalue weighted by Gasteiger charge is 2.22. The Morgan fingerprint density at radius 3 is 2.21 bits per heavy atom. The van der Waals surface area contributed by atoms with Crippen LogP contribution in [0.4, 0.5) is 0 Å². The Hall–Kier alpha value is -3.19. The standard InChI is InChI=1S/C28H34N4O2/c1-31(27(15-16-29)28(33)30-21-22-9-3-2-4-10-22)17-19-34-20-18-32-25-13-7-5-11-23(25)24-12-6-8-14-26(24)32/h2-14,27H,15-21,29H2,1H3,(H,30,33). The van der Waals surface area contributed by atoms with E-state index in [1.54, 1.807) is 0 Å². The van der Waals surface area contributed by atoms with Gasteiger partial charge in [0.25, 0.3) is 0 Å². The van der Waals surface area contributed by atoms with Crippen LogP contribution in [0.1, 0.15) is 12.0 Å². The molecule has 6 heteroatoms. The van der Waals surface area contributed by atoms with Crippen LogP contribution in [0, 0.1) is 0 Å². The topological polar surface area (TPSA) is 72.5 Å². The number of ether oxygens (including phenoxy) is 1. The van der Waals surface area contributed by atoms with Gasteiger partial charge in [0.05, 0.1) is 19.3 Å². The summed E-state index contributed by atoms with van der Waals surface area (Å²) in [5.41, 5.74) is 9.32. The van der Waals surface area contributed by atoms with Crippen molar-refractivity contribution in [2.45, 2.75) is 25.6 Å². The van der Waals surface area contributed by atoms with Gasteiger partial charge in [-0.3, -0.25) is 9.69 Å². The zero-order valence-corrected chi connectivity index (χ0v) is 19.8. The summed E-state index contributed by atoms with van der Waals surface area (Å²) in [5.74, 6) is 0.00193. The summed E-state index contributed by atoms with van der Waals surface area (Å²) >= 11 is 0. The number of rotatable bonds is 12. The molecule has 1 unspecified atom stereocenters. The Morgan fingerprint density at radius 2 is 1.56 bits per heavy atom. The highest BCUT2D eigenvalue weighted by atomic mass is 16.5. The largest absolute Gasteiger partial charge is 0.378 e. The summed E-state index contributed by atoms with van der Waals surface area (Å²) in [4.78, 5) is 14.8. The molecular formula is C28H34N4O2. The van der Waals surface area contributed by atoms with Gasteiger partial charge < -0.3 is 20.4 Å². The average molecular weight is 459 g/mol. The molecule has 0 bridgehead atoms. The Labute approximate surface area is 201 Å². The number of nitrogens with one attached hydrogen (secondary N) is 1. The maximum Gasteiger partial charge on any atom is 0.237 e. The molecule has 178 valence electrons. The number of fused-ring (bicyclic) bond motifs is 3.